The van der Waals surface area contributed by atoms with Crippen molar-refractivity contribution in [1.82, 2.24) is 38.2 Å². The maximum absolute atomic E-state index is 13.0. The van der Waals surface area contributed by atoms with Crippen molar-refractivity contribution in [3.8, 4) is 0 Å². The smallest absolute Gasteiger partial charge is 0.313 e. The zero-order chi connectivity index (χ0) is 30.9. The second kappa shape index (κ2) is 15.4. The average molecular weight is 615 g/mol. The van der Waals surface area contributed by atoms with Crippen molar-refractivity contribution in [2.75, 3.05) is 0 Å². The Balaban J connectivity index is 1.68. The molecule has 0 saturated heterocycles. The van der Waals surface area contributed by atoms with Crippen molar-refractivity contribution in [3.05, 3.63) is 41.7 Å². The van der Waals surface area contributed by atoms with Gasteiger partial charge < -0.3 is 9.13 Å². The molecule has 4 heterocycles. The molecule has 0 aliphatic rings. The molecule has 236 valence electrons. The monoisotopic (exact) mass is 614 g/mol. The second-order valence-electron chi connectivity index (χ2n) is 11.4. The number of H-pyrrole nitrogens is 2. The molecule has 2 N–H and O–H groups in total. The summed E-state index contributed by atoms with van der Waals surface area (Å²) in [5.74, 6) is 0. The van der Waals surface area contributed by atoms with Crippen LogP contribution in [0.5, 0.6) is 0 Å². The fourth-order valence-corrected chi connectivity index (χ4v) is 6.55. The lowest BCUT2D eigenvalue weighted by molar-refractivity contribution is 0.532. The molecular weight excluding hydrogens is 568 g/mol. The lowest BCUT2D eigenvalue weighted by Crippen LogP contribution is -2.29. The number of aromatic nitrogens is 8. The molecule has 0 radical (unpaired) electrons. The number of aromatic amines is 2. The Morgan fingerprint density at radius 2 is 0.907 bits per heavy atom. The van der Waals surface area contributed by atoms with Gasteiger partial charge in [0.05, 0.1) is 0 Å². The van der Waals surface area contributed by atoms with Gasteiger partial charge >= 0.3 is 11.4 Å². The summed E-state index contributed by atoms with van der Waals surface area (Å²) in [4.78, 5) is 65.1. The zero-order valence-electron chi connectivity index (χ0n) is 26.0. The number of fused-ring (bicyclic) bond motifs is 2. The van der Waals surface area contributed by atoms with Gasteiger partial charge in [-0.1, -0.05) is 90.9 Å². The van der Waals surface area contributed by atoms with E-state index in [9.17, 15) is 19.2 Å². The van der Waals surface area contributed by atoms with E-state index in [-0.39, 0.29) is 0 Å². The van der Waals surface area contributed by atoms with E-state index in [4.69, 9.17) is 9.97 Å². The largest absolute Gasteiger partial charge is 0.329 e. The molecule has 43 heavy (non-hydrogen) atoms. The Labute approximate surface area is 254 Å². The number of nitrogens with zero attached hydrogens (tertiary/aromatic N) is 6. The van der Waals surface area contributed by atoms with Crippen LogP contribution < -0.4 is 22.5 Å². The minimum Gasteiger partial charge on any atom is -0.313 e. The van der Waals surface area contributed by atoms with Crippen LogP contribution in [-0.4, -0.2) is 38.2 Å². The van der Waals surface area contributed by atoms with Gasteiger partial charge in [-0.2, -0.15) is 0 Å². The van der Waals surface area contributed by atoms with Gasteiger partial charge in [-0.05, 0) is 24.6 Å². The number of imidazole rings is 2. The first-order chi connectivity index (χ1) is 20.8. The van der Waals surface area contributed by atoms with Crippen LogP contribution >= 0.6 is 11.8 Å². The standard InChI is InChI=1S/C30H46N8O4S/c1-5-7-9-11-13-15-17-19-37-21-23(35(3)27(41)33-25(21)39)31-29(37)43-30-32-24-22(26(40)34-28(42)36(24)4)38(30)20-18-16-14-12-10-8-6-2/h5-20H2,1-4H3,(H,33,39,41)(H,34,40,42). The number of rotatable bonds is 18. The van der Waals surface area contributed by atoms with Crippen LogP contribution in [0.25, 0.3) is 22.3 Å². The molecule has 0 amide bonds. The quantitative estimate of drug-likeness (QED) is 0.153. The van der Waals surface area contributed by atoms with E-state index in [1.165, 1.54) is 72.3 Å². The van der Waals surface area contributed by atoms with E-state index in [0.29, 0.717) is 45.7 Å². The van der Waals surface area contributed by atoms with Gasteiger partial charge in [0, 0.05) is 27.2 Å². The summed E-state index contributed by atoms with van der Waals surface area (Å²) in [6, 6.07) is 0. The maximum Gasteiger partial charge on any atom is 0.329 e. The molecule has 12 nitrogen and oxygen atoms in total. The summed E-state index contributed by atoms with van der Waals surface area (Å²) in [5, 5.41) is 1.04. The lowest BCUT2D eigenvalue weighted by atomic mass is 10.1. The Bertz CT molecular complexity index is 1630. The third-order valence-electron chi connectivity index (χ3n) is 8.10. The molecule has 0 fully saturated rings. The van der Waals surface area contributed by atoms with Gasteiger partial charge in [-0.25, -0.2) is 19.6 Å². The van der Waals surface area contributed by atoms with Crippen molar-refractivity contribution in [2.45, 2.75) is 127 Å². The topological polar surface area (TPSA) is 145 Å². The van der Waals surface area contributed by atoms with Crippen LogP contribution in [-0.2, 0) is 27.2 Å². The van der Waals surface area contributed by atoms with E-state index in [1.54, 1.807) is 14.1 Å². The molecule has 0 spiro atoms. The van der Waals surface area contributed by atoms with Crippen LogP contribution in [0.2, 0.25) is 0 Å². The molecule has 4 aromatic rings. The number of hydrogen-bond acceptors (Lipinski definition) is 7. The molecule has 0 unspecified atom stereocenters. The number of aryl methyl sites for hydroxylation is 4. The highest BCUT2D eigenvalue weighted by Crippen LogP contribution is 2.31. The van der Waals surface area contributed by atoms with Crippen LogP contribution in [0.1, 0.15) is 104 Å². The lowest BCUT2D eigenvalue weighted by Gasteiger charge is -2.10. The minimum atomic E-state index is -0.526. The van der Waals surface area contributed by atoms with Crippen LogP contribution in [0.3, 0.4) is 0 Å². The zero-order valence-corrected chi connectivity index (χ0v) is 26.9. The van der Waals surface area contributed by atoms with Crippen molar-refractivity contribution < 1.29 is 0 Å². The van der Waals surface area contributed by atoms with Crippen LogP contribution in [0.4, 0.5) is 0 Å². The second-order valence-corrected chi connectivity index (χ2v) is 12.4. The van der Waals surface area contributed by atoms with Gasteiger partial charge in [-0.3, -0.25) is 28.7 Å². The highest BCUT2D eigenvalue weighted by atomic mass is 32.2. The van der Waals surface area contributed by atoms with E-state index < -0.39 is 22.5 Å². The first-order valence-corrected chi connectivity index (χ1v) is 16.7. The van der Waals surface area contributed by atoms with E-state index in [1.807, 2.05) is 9.13 Å². The summed E-state index contributed by atoms with van der Waals surface area (Å²) in [5.41, 5.74) is -0.708. The van der Waals surface area contributed by atoms with Gasteiger partial charge in [0.15, 0.2) is 32.6 Å². The van der Waals surface area contributed by atoms with E-state index in [0.717, 1.165) is 38.5 Å². The molecule has 0 bridgehead atoms. The highest BCUT2D eigenvalue weighted by molar-refractivity contribution is 7.99. The number of nitrogens with one attached hydrogen (secondary N) is 2. The first kappa shape index (κ1) is 32.6. The Morgan fingerprint density at radius 3 is 1.28 bits per heavy atom. The van der Waals surface area contributed by atoms with Gasteiger partial charge in [0.1, 0.15) is 0 Å². The Kier molecular flexibility index (Phi) is 11.7. The summed E-state index contributed by atoms with van der Waals surface area (Å²) >= 11 is 1.26. The van der Waals surface area contributed by atoms with Crippen LogP contribution in [0, 0.1) is 0 Å². The van der Waals surface area contributed by atoms with Crippen molar-refractivity contribution in [2.24, 2.45) is 14.1 Å². The Morgan fingerprint density at radius 1 is 0.558 bits per heavy atom. The highest BCUT2D eigenvalue weighted by Gasteiger charge is 2.23. The van der Waals surface area contributed by atoms with Crippen molar-refractivity contribution in [3.63, 3.8) is 0 Å². The predicted molar refractivity (Wildman–Crippen MR) is 171 cm³/mol. The molecule has 0 aromatic carbocycles. The normalized spacial score (nSPS) is 11.8. The van der Waals surface area contributed by atoms with Crippen molar-refractivity contribution in [1.29, 1.82) is 0 Å². The van der Waals surface area contributed by atoms with Gasteiger partial charge in [0.2, 0.25) is 0 Å². The maximum atomic E-state index is 13.0. The third-order valence-corrected chi connectivity index (χ3v) is 9.09. The third kappa shape index (κ3) is 7.60. The van der Waals surface area contributed by atoms with Gasteiger partial charge in [0.25, 0.3) is 11.1 Å². The summed E-state index contributed by atoms with van der Waals surface area (Å²) in [6.45, 7) is 5.52. The molecule has 13 heteroatoms. The average Bonchev–Trinajstić information content (AvgIpc) is 3.53. The molecule has 4 rings (SSSR count). The van der Waals surface area contributed by atoms with Gasteiger partial charge in [-0.15, -0.1) is 0 Å². The van der Waals surface area contributed by atoms with E-state index in [2.05, 4.69) is 23.8 Å². The molecule has 0 aliphatic carbocycles. The van der Waals surface area contributed by atoms with E-state index >= 15 is 0 Å². The fourth-order valence-electron chi connectivity index (χ4n) is 5.54. The molecule has 0 aliphatic heterocycles. The predicted octanol–water partition coefficient (Wildman–Crippen LogP) is 4.81. The summed E-state index contributed by atoms with van der Waals surface area (Å²) in [6.07, 6.45) is 15.7. The Hall–Kier alpha value is -3.35. The number of unbranched alkanes of at least 4 members (excludes halogenated alkanes) is 12. The van der Waals surface area contributed by atoms with Crippen LogP contribution in [0.15, 0.2) is 29.5 Å². The summed E-state index contributed by atoms with van der Waals surface area (Å²) < 4.78 is 6.42. The molecule has 0 saturated carbocycles. The molecule has 0 atom stereocenters. The SMILES string of the molecule is CCCCCCCCCn1c(Sc2nc3c(c(=O)[nH]c(=O)n3C)n2CCCCCCCCC)nc2c1c(=O)[nH]c(=O)n2C. The summed E-state index contributed by atoms with van der Waals surface area (Å²) in [7, 11) is 3.18. The first-order valence-electron chi connectivity index (χ1n) is 15.8. The molecule has 4 aromatic heterocycles. The minimum absolute atomic E-state index is 0.305. The number of hydrogen-bond donors (Lipinski definition) is 2. The van der Waals surface area contributed by atoms with Crippen molar-refractivity contribution >= 4 is 34.1 Å². The fraction of sp³-hybridized carbons (Fsp3) is 0.667. The molecular formula is C30H46N8O4S.